The molecule has 1 aliphatic rings. The summed E-state index contributed by atoms with van der Waals surface area (Å²) in [4.78, 5) is 32.8. The number of likely N-dealkylation sites (N-methyl/N-ethyl adjacent to an activating group) is 1. The van der Waals surface area contributed by atoms with Crippen LogP contribution in [0.5, 0.6) is 0 Å². The van der Waals surface area contributed by atoms with E-state index in [0.29, 0.717) is 23.6 Å². The van der Waals surface area contributed by atoms with Gasteiger partial charge in [0.25, 0.3) is 0 Å². The Bertz CT molecular complexity index is 1010. The van der Waals surface area contributed by atoms with E-state index in [2.05, 4.69) is 15.2 Å². The van der Waals surface area contributed by atoms with E-state index in [1.54, 1.807) is 7.05 Å². The molecule has 0 spiro atoms. The number of carbonyl (C=O) groups is 2. The molecule has 0 saturated carbocycles. The van der Waals surface area contributed by atoms with Crippen LogP contribution in [-0.4, -0.2) is 61.6 Å². The summed E-state index contributed by atoms with van der Waals surface area (Å²) in [5.74, 6) is 0.143. The molecule has 0 aliphatic carbocycles. The number of ether oxygens (including phenoxy) is 1. The lowest BCUT2D eigenvalue weighted by Gasteiger charge is -2.28. The average Bonchev–Trinajstić information content (AvgIpc) is 3.21. The molecule has 1 fully saturated rings. The first kappa shape index (κ1) is 20.9. The van der Waals surface area contributed by atoms with E-state index < -0.39 is 0 Å². The Hall–Kier alpha value is -3.39. The molecule has 3 aromatic rings. The first-order valence-electron chi connectivity index (χ1n) is 10.4. The fourth-order valence-corrected chi connectivity index (χ4v) is 3.51. The van der Waals surface area contributed by atoms with Crippen molar-refractivity contribution in [3.05, 3.63) is 54.4 Å². The standard InChI is InChI=1S/C23H26N4O4/c1-26(23(29)11-10-22-25-19-4-2-3-5-20(19)31-22)16-21(28)24-17-6-8-18(9-7-17)27-12-14-30-15-13-27/h2-9H,10-16H2,1H3,(H,24,28). The largest absolute Gasteiger partial charge is 0.441 e. The maximum absolute atomic E-state index is 12.4. The predicted molar refractivity (Wildman–Crippen MR) is 118 cm³/mol. The first-order valence-corrected chi connectivity index (χ1v) is 10.4. The van der Waals surface area contributed by atoms with Crippen LogP contribution in [0.2, 0.25) is 0 Å². The van der Waals surface area contributed by atoms with Crippen LogP contribution >= 0.6 is 0 Å². The molecule has 8 nitrogen and oxygen atoms in total. The zero-order chi connectivity index (χ0) is 21.6. The van der Waals surface area contributed by atoms with E-state index in [1.165, 1.54) is 4.90 Å². The summed E-state index contributed by atoms with van der Waals surface area (Å²) in [7, 11) is 1.62. The molecule has 1 N–H and O–H groups in total. The zero-order valence-corrected chi connectivity index (χ0v) is 17.5. The average molecular weight is 422 g/mol. The summed E-state index contributed by atoms with van der Waals surface area (Å²) >= 11 is 0. The Balaban J connectivity index is 1.24. The van der Waals surface area contributed by atoms with Gasteiger partial charge in [-0.1, -0.05) is 12.1 Å². The van der Waals surface area contributed by atoms with E-state index in [4.69, 9.17) is 9.15 Å². The molecule has 1 saturated heterocycles. The van der Waals surface area contributed by atoms with E-state index in [9.17, 15) is 9.59 Å². The van der Waals surface area contributed by atoms with Crippen LogP contribution in [0.4, 0.5) is 11.4 Å². The summed E-state index contributed by atoms with van der Waals surface area (Å²) in [6.45, 7) is 3.17. The number of aryl methyl sites for hydroxylation is 1. The highest BCUT2D eigenvalue weighted by Crippen LogP contribution is 2.19. The van der Waals surface area contributed by atoms with Crippen molar-refractivity contribution in [2.24, 2.45) is 0 Å². The lowest BCUT2D eigenvalue weighted by molar-refractivity contribution is -0.133. The second-order valence-corrected chi connectivity index (χ2v) is 7.52. The Morgan fingerprint density at radius 1 is 1.10 bits per heavy atom. The highest BCUT2D eigenvalue weighted by Gasteiger charge is 2.16. The molecule has 0 radical (unpaired) electrons. The molecule has 1 aromatic heterocycles. The van der Waals surface area contributed by atoms with Gasteiger partial charge in [0.2, 0.25) is 11.8 Å². The van der Waals surface area contributed by atoms with Gasteiger partial charge >= 0.3 is 0 Å². The minimum absolute atomic E-state index is 0.0163. The minimum atomic E-state index is -0.239. The highest BCUT2D eigenvalue weighted by atomic mass is 16.5. The molecular weight excluding hydrogens is 396 g/mol. The summed E-state index contributed by atoms with van der Waals surface area (Å²) < 4.78 is 11.0. The molecule has 4 rings (SSSR count). The summed E-state index contributed by atoms with van der Waals surface area (Å²) in [6, 6.07) is 15.2. The second-order valence-electron chi connectivity index (χ2n) is 7.52. The number of rotatable bonds is 7. The van der Waals surface area contributed by atoms with Gasteiger partial charge in [-0.25, -0.2) is 4.98 Å². The topological polar surface area (TPSA) is 87.9 Å². The summed E-state index contributed by atoms with van der Waals surface area (Å²) in [5, 5.41) is 2.84. The molecule has 31 heavy (non-hydrogen) atoms. The van der Waals surface area contributed by atoms with E-state index in [-0.39, 0.29) is 24.8 Å². The van der Waals surface area contributed by atoms with E-state index >= 15 is 0 Å². The van der Waals surface area contributed by atoms with Crippen molar-refractivity contribution in [2.45, 2.75) is 12.8 Å². The van der Waals surface area contributed by atoms with Crippen LogP contribution in [0.25, 0.3) is 11.1 Å². The van der Waals surface area contributed by atoms with Crippen LogP contribution in [0.1, 0.15) is 12.3 Å². The predicted octanol–water partition coefficient (Wildman–Crippen LogP) is 2.69. The number of anilines is 2. The van der Waals surface area contributed by atoms with Crippen LogP contribution in [0, 0.1) is 0 Å². The van der Waals surface area contributed by atoms with Gasteiger partial charge in [0, 0.05) is 44.4 Å². The molecule has 0 unspecified atom stereocenters. The number of nitrogens with one attached hydrogen (secondary N) is 1. The lowest BCUT2D eigenvalue weighted by atomic mass is 10.2. The van der Waals surface area contributed by atoms with Gasteiger partial charge in [-0.15, -0.1) is 0 Å². The number of hydrogen-bond acceptors (Lipinski definition) is 6. The maximum atomic E-state index is 12.4. The van der Waals surface area contributed by atoms with Crippen molar-refractivity contribution >= 4 is 34.3 Å². The molecule has 0 atom stereocenters. The third-order valence-electron chi connectivity index (χ3n) is 5.22. The van der Waals surface area contributed by atoms with Gasteiger partial charge in [0.15, 0.2) is 11.5 Å². The van der Waals surface area contributed by atoms with Crippen molar-refractivity contribution in [1.29, 1.82) is 0 Å². The number of para-hydroxylation sites is 2. The molecule has 2 heterocycles. The number of aromatic nitrogens is 1. The molecule has 0 bridgehead atoms. The van der Waals surface area contributed by atoms with E-state index in [1.807, 2.05) is 48.5 Å². The van der Waals surface area contributed by atoms with E-state index in [0.717, 1.165) is 37.5 Å². The SMILES string of the molecule is CN(CC(=O)Nc1ccc(N2CCOCC2)cc1)C(=O)CCc1nc2ccccc2o1. The second kappa shape index (κ2) is 9.61. The highest BCUT2D eigenvalue weighted by molar-refractivity contribution is 5.94. The quantitative estimate of drug-likeness (QED) is 0.630. The third-order valence-corrected chi connectivity index (χ3v) is 5.22. The maximum Gasteiger partial charge on any atom is 0.243 e. The Morgan fingerprint density at radius 2 is 1.84 bits per heavy atom. The molecule has 162 valence electrons. The van der Waals surface area contributed by atoms with Gasteiger partial charge in [0.1, 0.15) is 5.52 Å². The van der Waals surface area contributed by atoms with Crippen LogP contribution < -0.4 is 10.2 Å². The first-order chi connectivity index (χ1) is 15.1. The number of nitrogens with zero attached hydrogens (tertiary/aromatic N) is 3. The Morgan fingerprint density at radius 3 is 2.58 bits per heavy atom. The molecule has 8 heteroatoms. The van der Waals surface area contributed by atoms with Crippen molar-refractivity contribution in [3.63, 3.8) is 0 Å². The number of oxazole rings is 1. The van der Waals surface area contributed by atoms with Crippen molar-refractivity contribution in [3.8, 4) is 0 Å². The van der Waals surface area contributed by atoms with Crippen LogP contribution in [0.3, 0.4) is 0 Å². The summed E-state index contributed by atoms with van der Waals surface area (Å²) in [6.07, 6.45) is 0.618. The summed E-state index contributed by atoms with van der Waals surface area (Å²) in [5.41, 5.74) is 3.29. The number of amides is 2. The van der Waals surface area contributed by atoms with Gasteiger partial charge in [-0.3, -0.25) is 9.59 Å². The van der Waals surface area contributed by atoms with Gasteiger partial charge < -0.3 is 24.3 Å². The fraction of sp³-hybridized carbons (Fsp3) is 0.348. The van der Waals surface area contributed by atoms with Crippen LogP contribution in [-0.2, 0) is 20.7 Å². The molecule has 2 aromatic carbocycles. The number of morpholine rings is 1. The van der Waals surface area contributed by atoms with Crippen LogP contribution in [0.15, 0.2) is 52.9 Å². The number of fused-ring (bicyclic) bond motifs is 1. The van der Waals surface area contributed by atoms with Crippen molar-refractivity contribution in [1.82, 2.24) is 9.88 Å². The Labute approximate surface area is 180 Å². The normalized spacial score (nSPS) is 13.9. The molecule has 2 amide bonds. The van der Waals surface area contributed by atoms with Gasteiger partial charge in [-0.05, 0) is 36.4 Å². The number of carbonyl (C=O) groups excluding carboxylic acids is 2. The monoisotopic (exact) mass is 422 g/mol. The lowest BCUT2D eigenvalue weighted by Crippen LogP contribution is -2.36. The van der Waals surface area contributed by atoms with Crippen molar-refractivity contribution in [2.75, 3.05) is 50.1 Å². The molecule has 1 aliphatic heterocycles. The Kier molecular flexibility index (Phi) is 6.47. The van der Waals surface area contributed by atoms with Gasteiger partial charge in [-0.2, -0.15) is 0 Å². The molecular formula is C23H26N4O4. The zero-order valence-electron chi connectivity index (χ0n) is 17.5. The van der Waals surface area contributed by atoms with Crippen molar-refractivity contribution < 1.29 is 18.7 Å². The minimum Gasteiger partial charge on any atom is -0.441 e. The number of hydrogen-bond donors (Lipinski definition) is 1. The third kappa shape index (κ3) is 5.40. The van der Waals surface area contributed by atoms with Gasteiger partial charge in [0.05, 0.1) is 19.8 Å². The smallest absolute Gasteiger partial charge is 0.243 e. The number of benzene rings is 2. The fourth-order valence-electron chi connectivity index (χ4n) is 3.51.